The first kappa shape index (κ1) is 18.3. The van der Waals surface area contributed by atoms with Gasteiger partial charge in [0.1, 0.15) is 17.1 Å². The van der Waals surface area contributed by atoms with Crippen molar-refractivity contribution in [1.29, 1.82) is 0 Å². The van der Waals surface area contributed by atoms with Gasteiger partial charge in [0, 0.05) is 23.6 Å². The number of rotatable bonds is 4. The maximum atomic E-state index is 13.2. The first-order valence-corrected chi connectivity index (χ1v) is 8.30. The van der Waals surface area contributed by atoms with E-state index in [0.717, 1.165) is 6.07 Å². The minimum absolute atomic E-state index is 0.0381. The van der Waals surface area contributed by atoms with Crippen LogP contribution in [0.25, 0.3) is 0 Å². The molecule has 0 spiro atoms. The minimum Gasteiger partial charge on any atom is -0.507 e. The number of ether oxygens (including phenoxy) is 1. The Labute approximate surface area is 154 Å². The molecule has 0 saturated heterocycles. The number of carbonyl (C=O) groups excluding carboxylic acids is 3. The molecule has 0 heterocycles. The summed E-state index contributed by atoms with van der Waals surface area (Å²) in [4.78, 5) is 49.1. The van der Waals surface area contributed by atoms with E-state index in [2.05, 4.69) is 0 Å². The van der Waals surface area contributed by atoms with E-state index < -0.39 is 34.8 Å². The molecule has 7 nitrogen and oxygen atoms in total. The van der Waals surface area contributed by atoms with Gasteiger partial charge >= 0.3 is 11.9 Å². The molecule has 138 valence electrons. The van der Waals surface area contributed by atoms with E-state index in [9.17, 15) is 29.4 Å². The van der Waals surface area contributed by atoms with Crippen LogP contribution in [0.2, 0.25) is 0 Å². The number of fused-ring (bicyclic) bond motifs is 2. The summed E-state index contributed by atoms with van der Waals surface area (Å²) in [6.07, 6.45) is 0.679. The highest BCUT2D eigenvalue weighted by molar-refractivity contribution is 6.30. The summed E-state index contributed by atoms with van der Waals surface area (Å²) in [5.74, 6) is -3.82. The normalized spacial score (nSPS) is 12.4. The molecule has 0 fully saturated rings. The predicted molar refractivity (Wildman–Crippen MR) is 93.7 cm³/mol. The van der Waals surface area contributed by atoms with Gasteiger partial charge in [0.25, 0.3) is 0 Å². The van der Waals surface area contributed by atoms with Gasteiger partial charge in [-0.2, -0.15) is 0 Å². The Kier molecular flexibility index (Phi) is 4.53. The lowest BCUT2D eigenvalue weighted by Gasteiger charge is -2.23. The summed E-state index contributed by atoms with van der Waals surface area (Å²) >= 11 is 0. The van der Waals surface area contributed by atoms with Crippen LogP contribution in [-0.4, -0.2) is 33.7 Å². The van der Waals surface area contributed by atoms with E-state index in [1.807, 2.05) is 0 Å². The first-order chi connectivity index (χ1) is 12.8. The molecule has 2 N–H and O–H groups in total. The molecule has 0 aromatic heterocycles. The van der Waals surface area contributed by atoms with E-state index in [0.29, 0.717) is 6.42 Å². The van der Waals surface area contributed by atoms with E-state index in [1.54, 1.807) is 6.92 Å². The Morgan fingerprint density at radius 1 is 1.07 bits per heavy atom. The molecule has 0 unspecified atom stereocenters. The Morgan fingerprint density at radius 2 is 1.78 bits per heavy atom. The van der Waals surface area contributed by atoms with Gasteiger partial charge in [-0.1, -0.05) is 25.5 Å². The Bertz CT molecular complexity index is 1020. The lowest BCUT2D eigenvalue weighted by Crippen LogP contribution is -2.25. The van der Waals surface area contributed by atoms with E-state index in [-0.39, 0.29) is 40.0 Å². The average Bonchev–Trinajstić information content (AvgIpc) is 2.58. The zero-order chi connectivity index (χ0) is 19.9. The number of phenols is 1. The molecule has 1 aliphatic rings. The maximum absolute atomic E-state index is 13.2. The van der Waals surface area contributed by atoms with Crippen molar-refractivity contribution in [2.24, 2.45) is 0 Å². The van der Waals surface area contributed by atoms with Crippen molar-refractivity contribution in [3.63, 3.8) is 0 Å². The van der Waals surface area contributed by atoms with Crippen LogP contribution >= 0.6 is 0 Å². The van der Waals surface area contributed by atoms with Crippen LogP contribution in [0.1, 0.15) is 68.0 Å². The Hall–Kier alpha value is -3.48. The van der Waals surface area contributed by atoms with Gasteiger partial charge in [-0.3, -0.25) is 14.4 Å². The molecule has 0 atom stereocenters. The van der Waals surface area contributed by atoms with Crippen molar-refractivity contribution in [1.82, 2.24) is 0 Å². The molecule has 0 radical (unpaired) electrons. The lowest BCUT2D eigenvalue weighted by atomic mass is 9.79. The van der Waals surface area contributed by atoms with Crippen molar-refractivity contribution in [3.05, 3.63) is 57.6 Å². The number of hydrogen-bond acceptors (Lipinski definition) is 6. The van der Waals surface area contributed by atoms with E-state index in [1.165, 1.54) is 25.1 Å². The highest BCUT2D eigenvalue weighted by atomic mass is 16.5. The minimum atomic E-state index is -1.39. The maximum Gasteiger partial charge on any atom is 0.339 e. The molecular formula is C20H16O7. The molecule has 3 rings (SSSR count). The van der Waals surface area contributed by atoms with Crippen LogP contribution in [0.3, 0.4) is 0 Å². The van der Waals surface area contributed by atoms with Crippen LogP contribution < -0.4 is 4.74 Å². The monoisotopic (exact) mass is 368 g/mol. The Balaban J connectivity index is 2.36. The zero-order valence-electron chi connectivity index (χ0n) is 14.7. The quantitative estimate of drug-likeness (QED) is 0.537. The molecule has 27 heavy (non-hydrogen) atoms. The van der Waals surface area contributed by atoms with Gasteiger partial charge in [0.2, 0.25) is 0 Å². The lowest BCUT2D eigenvalue weighted by molar-refractivity contribution is -0.131. The van der Waals surface area contributed by atoms with Crippen molar-refractivity contribution in [2.45, 2.75) is 26.7 Å². The van der Waals surface area contributed by atoms with Crippen LogP contribution in [0, 0.1) is 0 Å². The second kappa shape index (κ2) is 6.68. The van der Waals surface area contributed by atoms with Gasteiger partial charge in [0.15, 0.2) is 11.6 Å². The molecule has 0 bridgehead atoms. The molecule has 7 heteroatoms. The largest absolute Gasteiger partial charge is 0.507 e. The van der Waals surface area contributed by atoms with Crippen LogP contribution in [-0.2, 0) is 11.2 Å². The smallest absolute Gasteiger partial charge is 0.339 e. The molecule has 2 aromatic carbocycles. The average molecular weight is 368 g/mol. The third kappa shape index (κ3) is 2.87. The van der Waals surface area contributed by atoms with Crippen LogP contribution in [0.4, 0.5) is 0 Å². The third-order valence-corrected chi connectivity index (χ3v) is 4.35. The van der Waals surface area contributed by atoms with Gasteiger partial charge in [-0.05, 0) is 24.1 Å². The standard InChI is InChI=1S/C20H16O7/c1-3-5-10-15-12(8-13(22)16(10)20(25)26)18(23)11-6-4-7-14(27-9(2)21)17(11)19(15)24/h4,6-8,22H,3,5H2,1-2H3,(H,25,26). The second-order valence-electron chi connectivity index (χ2n) is 6.16. The highest BCUT2D eigenvalue weighted by Crippen LogP contribution is 2.39. The fraction of sp³-hybridized carbons (Fsp3) is 0.200. The van der Waals surface area contributed by atoms with Gasteiger partial charge in [0.05, 0.1) is 5.56 Å². The van der Waals surface area contributed by atoms with E-state index in [4.69, 9.17) is 4.74 Å². The summed E-state index contributed by atoms with van der Waals surface area (Å²) in [6, 6.07) is 5.31. The number of benzene rings is 2. The van der Waals surface area contributed by atoms with Crippen LogP contribution in [0.15, 0.2) is 24.3 Å². The first-order valence-electron chi connectivity index (χ1n) is 8.30. The van der Waals surface area contributed by atoms with Crippen molar-refractivity contribution >= 4 is 23.5 Å². The molecule has 0 amide bonds. The molecule has 0 saturated carbocycles. The number of ketones is 2. The number of aromatic hydroxyl groups is 1. The summed E-state index contributed by atoms with van der Waals surface area (Å²) in [7, 11) is 0. The second-order valence-corrected chi connectivity index (χ2v) is 6.16. The number of hydrogen-bond donors (Lipinski definition) is 2. The third-order valence-electron chi connectivity index (χ3n) is 4.35. The Morgan fingerprint density at radius 3 is 2.37 bits per heavy atom. The van der Waals surface area contributed by atoms with Gasteiger partial charge in [-0.25, -0.2) is 4.79 Å². The fourth-order valence-corrected chi connectivity index (χ4v) is 3.36. The highest BCUT2D eigenvalue weighted by Gasteiger charge is 2.37. The number of carboxylic acid groups (broad SMARTS) is 1. The van der Waals surface area contributed by atoms with Gasteiger partial charge in [-0.15, -0.1) is 0 Å². The molecule has 1 aliphatic carbocycles. The summed E-state index contributed by atoms with van der Waals surface area (Å²) < 4.78 is 5.07. The predicted octanol–water partition coefficient (Wildman–Crippen LogP) is 2.74. The number of carboxylic acids is 1. The number of esters is 1. The topological polar surface area (TPSA) is 118 Å². The summed E-state index contributed by atoms with van der Waals surface area (Å²) in [5.41, 5.74) is -0.463. The van der Waals surface area contributed by atoms with Crippen LogP contribution in [0.5, 0.6) is 11.5 Å². The molecule has 2 aromatic rings. The SMILES string of the molecule is CCCc1c(C(=O)O)c(O)cc2c1C(=O)c1c(OC(C)=O)cccc1C2=O. The molecule has 0 aliphatic heterocycles. The zero-order valence-corrected chi connectivity index (χ0v) is 14.7. The van der Waals surface area contributed by atoms with Crippen molar-refractivity contribution in [3.8, 4) is 11.5 Å². The van der Waals surface area contributed by atoms with E-state index >= 15 is 0 Å². The van der Waals surface area contributed by atoms with Crippen molar-refractivity contribution < 1.29 is 34.1 Å². The number of aromatic carboxylic acids is 1. The number of carbonyl (C=O) groups is 4. The summed E-state index contributed by atoms with van der Waals surface area (Å²) in [6.45, 7) is 2.96. The van der Waals surface area contributed by atoms with Crippen molar-refractivity contribution in [2.75, 3.05) is 0 Å². The van der Waals surface area contributed by atoms with Gasteiger partial charge < -0.3 is 14.9 Å². The fourth-order valence-electron chi connectivity index (χ4n) is 3.36. The molecular weight excluding hydrogens is 352 g/mol. The summed E-state index contributed by atoms with van der Waals surface area (Å²) in [5, 5.41) is 19.6.